The molecule has 0 unspecified atom stereocenters. The smallest absolute Gasteiger partial charge is 0.275 e. The molecule has 11 heteroatoms. The Morgan fingerprint density at radius 1 is 1.04 bits per heavy atom. The number of halogens is 2. The monoisotopic (exact) mass is 677 g/mol. The summed E-state index contributed by atoms with van der Waals surface area (Å²) in [4.78, 5) is 34.5. The molecule has 2 N–H and O–H groups in total. The topological polar surface area (TPSA) is 116 Å². The van der Waals surface area contributed by atoms with Gasteiger partial charge in [-0.15, -0.1) is 0 Å². The van der Waals surface area contributed by atoms with Gasteiger partial charge < -0.3 is 10.2 Å². The number of aliphatic imine (C=N–C) groups is 1. The Bertz CT molecular complexity index is 1530. The molecule has 0 saturated heterocycles. The number of carbonyl (C=O) groups is 2. The molecule has 1 atom stereocenters. The summed E-state index contributed by atoms with van der Waals surface area (Å²) in [5.74, 6) is -0.671. The molecular formula is C34H45Cl2N3O5S. The Morgan fingerprint density at radius 2 is 1.62 bits per heavy atom. The van der Waals surface area contributed by atoms with Crippen molar-refractivity contribution < 1.29 is 22.6 Å². The summed E-state index contributed by atoms with van der Waals surface area (Å²) in [7, 11) is -4.19. The summed E-state index contributed by atoms with van der Waals surface area (Å²) < 4.78 is 31.1. The van der Waals surface area contributed by atoms with Crippen LogP contribution in [0.3, 0.4) is 0 Å². The number of nitrogens with one attached hydrogen (secondary N) is 1. The zero-order valence-electron chi connectivity index (χ0n) is 27.0. The van der Waals surface area contributed by atoms with Gasteiger partial charge in [0.1, 0.15) is 11.4 Å². The molecule has 0 aromatic heterocycles. The van der Waals surface area contributed by atoms with Crippen molar-refractivity contribution in [1.29, 1.82) is 0 Å². The van der Waals surface area contributed by atoms with Gasteiger partial charge in [-0.2, -0.15) is 8.42 Å². The average Bonchev–Trinajstić information content (AvgIpc) is 3.18. The van der Waals surface area contributed by atoms with Gasteiger partial charge in [0.15, 0.2) is 0 Å². The molecule has 1 fully saturated rings. The van der Waals surface area contributed by atoms with Crippen LogP contribution in [-0.2, 0) is 14.9 Å². The molecule has 8 nitrogen and oxygen atoms in total. The first kappa shape index (κ1) is 35.4. The van der Waals surface area contributed by atoms with Gasteiger partial charge >= 0.3 is 0 Å². The average molecular weight is 679 g/mol. The fourth-order valence-corrected chi connectivity index (χ4v) is 7.37. The molecule has 2 amide bonds. The van der Waals surface area contributed by atoms with E-state index in [-0.39, 0.29) is 29.3 Å². The second kappa shape index (κ2) is 13.3. The third kappa shape index (κ3) is 8.88. The first-order valence-electron chi connectivity index (χ1n) is 15.5. The van der Waals surface area contributed by atoms with E-state index in [9.17, 15) is 18.0 Å². The minimum atomic E-state index is -4.19. The molecule has 1 saturated carbocycles. The van der Waals surface area contributed by atoms with E-state index in [0.29, 0.717) is 39.2 Å². The third-order valence-corrected chi connectivity index (χ3v) is 10.2. The predicted octanol–water partition coefficient (Wildman–Crippen LogP) is 7.74. The van der Waals surface area contributed by atoms with Gasteiger partial charge in [-0.25, -0.2) is 0 Å². The number of hydrogen-bond acceptors (Lipinski definition) is 5. The molecule has 246 valence electrons. The lowest BCUT2D eigenvalue weighted by atomic mass is 9.69. The van der Waals surface area contributed by atoms with Crippen LogP contribution in [0, 0.1) is 16.7 Å². The lowest BCUT2D eigenvalue weighted by molar-refractivity contribution is -0.134. The van der Waals surface area contributed by atoms with Crippen LogP contribution in [0.25, 0.3) is 0 Å². The molecule has 0 radical (unpaired) electrons. The maximum atomic E-state index is 14.6. The Balaban J connectivity index is 1.73. The van der Waals surface area contributed by atoms with Crippen molar-refractivity contribution in [2.24, 2.45) is 21.7 Å². The standard InChI is InChI=1S/C34H45Cl2N3O5S/c1-32(2,3)14-13-28(22-7-9-23(10-8-22)30(40)37-17-18-45(42,43)44)39-31(41)29(24-19-26(35)21-27(36)20-24)38-34(39)15-11-25(12-16-34)33(4,5)6/h7-10,19-21,25,28H,11-18H2,1-6H3,(H,37,40)(H,42,43,44)/t25?,28-,34?/m1/s1. The van der Waals surface area contributed by atoms with Crippen molar-refractivity contribution in [1.82, 2.24) is 10.2 Å². The van der Waals surface area contributed by atoms with E-state index in [4.69, 9.17) is 32.7 Å². The molecule has 0 bridgehead atoms. The van der Waals surface area contributed by atoms with Crippen LogP contribution in [-0.4, -0.2) is 53.4 Å². The van der Waals surface area contributed by atoms with Crippen LogP contribution in [0.15, 0.2) is 47.5 Å². The van der Waals surface area contributed by atoms with Crippen molar-refractivity contribution in [3.63, 3.8) is 0 Å². The quantitative estimate of drug-likeness (QED) is 0.263. The maximum absolute atomic E-state index is 14.6. The number of hydrogen-bond donors (Lipinski definition) is 2. The van der Waals surface area contributed by atoms with E-state index in [0.717, 1.165) is 37.7 Å². The highest BCUT2D eigenvalue weighted by Gasteiger charge is 2.52. The highest BCUT2D eigenvalue weighted by molar-refractivity contribution is 7.85. The molecule has 2 aromatic rings. The number of benzene rings is 2. The molecule has 1 spiro atoms. The third-order valence-electron chi connectivity index (χ3n) is 9.02. The summed E-state index contributed by atoms with van der Waals surface area (Å²) in [6, 6.07) is 11.9. The lowest BCUT2D eigenvalue weighted by Gasteiger charge is -2.47. The van der Waals surface area contributed by atoms with E-state index in [1.54, 1.807) is 30.3 Å². The summed E-state index contributed by atoms with van der Waals surface area (Å²) in [6.07, 6.45) is 4.89. The maximum Gasteiger partial charge on any atom is 0.275 e. The van der Waals surface area contributed by atoms with Gasteiger partial charge in [0.05, 0.1) is 11.8 Å². The molecule has 2 aromatic carbocycles. The Morgan fingerprint density at radius 3 is 2.13 bits per heavy atom. The zero-order valence-corrected chi connectivity index (χ0v) is 29.3. The molecule has 1 aliphatic carbocycles. The van der Waals surface area contributed by atoms with Gasteiger partial charge in [0, 0.05) is 27.7 Å². The molecule has 1 heterocycles. The highest BCUT2D eigenvalue weighted by atomic mass is 35.5. The van der Waals surface area contributed by atoms with Crippen molar-refractivity contribution in [2.75, 3.05) is 12.3 Å². The van der Waals surface area contributed by atoms with E-state index >= 15 is 0 Å². The van der Waals surface area contributed by atoms with Gasteiger partial charge in [0.2, 0.25) is 0 Å². The Labute approximate surface area is 277 Å². The first-order valence-corrected chi connectivity index (χ1v) is 17.9. The van der Waals surface area contributed by atoms with Crippen LogP contribution in [0.1, 0.15) is 108 Å². The SMILES string of the molecule is CC(C)(C)CC[C@H](c1ccc(C(=O)NCCS(=O)(=O)O)cc1)N1C(=O)C(c2cc(Cl)cc(Cl)c2)=NC12CCC(C(C)(C)C)CC2. The number of amides is 2. The number of rotatable bonds is 9. The highest BCUT2D eigenvalue weighted by Crippen LogP contribution is 2.50. The zero-order chi connectivity index (χ0) is 33.4. The van der Waals surface area contributed by atoms with Gasteiger partial charge in [-0.1, -0.05) is 76.9 Å². The Hall–Kier alpha value is -2.46. The van der Waals surface area contributed by atoms with Crippen LogP contribution >= 0.6 is 23.2 Å². The largest absolute Gasteiger partial charge is 0.351 e. The summed E-state index contributed by atoms with van der Waals surface area (Å²) in [5, 5.41) is 3.40. The van der Waals surface area contributed by atoms with Crippen molar-refractivity contribution in [3.8, 4) is 0 Å². The van der Waals surface area contributed by atoms with Crippen LogP contribution in [0.4, 0.5) is 0 Å². The number of nitrogens with zero attached hydrogens (tertiary/aromatic N) is 2. The molecule has 4 rings (SSSR count). The van der Waals surface area contributed by atoms with E-state index in [1.807, 2.05) is 17.0 Å². The number of carbonyl (C=O) groups excluding carboxylic acids is 2. The molecular weight excluding hydrogens is 633 g/mol. The van der Waals surface area contributed by atoms with Crippen LogP contribution < -0.4 is 5.32 Å². The van der Waals surface area contributed by atoms with E-state index in [1.165, 1.54) is 0 Å². The summed E-state index contributed by atoms with van der Waals surface area (Å²) in [6.45, 7) is 13.1. The fraction of sp³-hybridized carbons (Fsp3) is 0.559. The summed E-state index contributed by atoms with van der Waals surface area (Å²) in [5.41, 5.74) is 1.63. The van der Waals surface area contributed by atoms with E-state index in [2.05, 4.69) is 46.9 Å². The van der Waals surface area contributed by atoms with Crippen molar-refractivity contribution in [2.45, 2.75) is 91.8 Å². The second-order valence-electron chi connectivity index (χ2n) is 14.7. The second-order valence-corrected chi connectivity index (χ2v) is 17.1. The molecule has 2 aliphatic rings. The first-order chi connectivity index (χ1) is 20.8. The van der Waals surface area contributed by atoms with Crippen molar-refractivity contribution in [3.05, 3.63) is 69.2 Å². The lowest BCUT2D eigenvalue weighted by Crippen LogP contribution is -2.51. The van der Waals surface area contributed by atoms with Gasteiger partial charge in [-0.3, -0.25) is 19.1 Å². The molecule has 1 aliphatic heterocycles. The minimum Gasteiger partial charge on any atom is -0.351 e. The summed E-state index contributed by atoms with van der Waals surface area (Å²) >= 11 is 12.7. The molecule has 45 heavy (non-hydrogen) atoms. The van der Waals surface area contributed by atoms with Crippen LogP contribution in [0.2, 0.25) is 10.0 Å². The normalized spacial score (nSPS) is 21.6. The van der Waals surface area contributed by atoms with Crippen molar-refractivity contribution >= 4 is 50.8 Å². The Kier molecular flexibility index (Phi) is 10.5. The predicted molar refractivity (Wildman–Crippen MR) is 181 cm³/mol. The van der Waals surface area contributed by atoms with Gasteiger partial charge in [-0.05, 0) is 91.2 Å². The minimum absolute atomic E-state index is 0.00905. The van der Waals surface area contributed by atoms with E-state index < -0.39 is 27.4 Å². The fourth-order valence-electron chi connectivity index (χ4n) is 6.49. The van der Waals surface area contributed by atoms with Gasteiger partial charge in [0.25, 0.3) is 21.9 Å². The van der Waals surface area contributed by atoms with Crippen LogP contribution in [0.5, 0.6) is 0 Å².